The van der Waals surface area contributed by atoms with Gasteiger partial charge in [0.15, 0.2) is 16.7 Å². The van der Waals surface area contributed by atoms with Gasteiger partial charge in [-0.3, -0.25) is 4.79 Å². The number of benzene rings is 3. The van der Waals surface area contributed by atoms with E-state index in [1.165, 1.54) is 30.5 Å². The summed E-state index contributed by atoms with van der Waals surface area (Å²) in [6.07, 6.45) is -5.26. The number of amides is 1. The summed E-state index contributed by atoms with van der Waals surface area (Å²) in [4.78, 5) is 19.5. The van der Waals surface area contributed by atoms with Crippen LogP contribution in [0.4, 0.5) is 26.3 Å². The second-order valence-electron chi connectivity index (χ2n) is 10.5. The zero-order valence-electron chi connectivity index (χ0n) is 23.5. The van der Waals surface area contributed by atoms with Crippen molar-refractivity contribution in [3.63, 3.8) is 0 Å². The Morgan fingerprint density at radius 2 is 1.66 bits per heavy atom. The summed E-state index contributed by atoms with van der Waals surface area (Å²) < 4.78 is 90.4. The molecule has 2 heterocycles. The van der Waals surface area contributed by atoms with Gasteiger partial charge in [0.1, 0.15) is 6.61 Å². The maximum Gasteiger partial charge on any atom is 0.416 e. The molecule has 0 aromatic heterocycles. The molecule has 3 aromatic rings. The van der Waals surface area contributed by atoms with Crippen molar-refractivity contribution >= 4 is 28.9 Å². The van der Waals surface area contributed by atoms with Gasteiger partial charge in [-0.1, -0.05) is 42.5 Å². The molecule has 1 saturated heterocycles. The van der Waals surface area contributed by atoms with Gasteiger partial charge >= 0.3 is 12.4 Å². The van der Waals surface area contributed by atoms with Gasteiger partial charge in [0.2, 0.25) is 0 Å². The summed E-state index contributed by atoms with van der Waals surface area (Å²) in [6, 6.07) is 16.4. The first-order valence-corrected chi connectivity index (χ1v) is 14.6. The van der Waals surface area contributed by atoms with Gasteiger partial charge in [-0.15, -0.1) is 0 Å². The third-order valence-electron chi connectivity index (χ3n) is 7.47. The predicted octanol–water partition coefficient (Wildman–Crippen LogP) is 8.24. The quantitative estimate of drug-likeness (QED) is 0.194. The fraction of sp³-hybridized carbons (Fsp3) is 0.312. The fourth-order valence-corrected chi connectivity index (χ4v) is 6.12. The number of amidine groups is 1. The van der Waals surface area contributed by atoms with Gasteiger partial charge in [-0.25, -0.2) is 0 Å². The molecule has 232 valence electrons. The van der Waals surface area contributed by atoms with Crippen LogP contribution in [0.25, 0.3) is 6.08 Å². The van der Waals surface area contributed by atoms with E-state index in [2.05, 4.69) is 22.0 Å². The van der Waals surface area contributed by atoms with E-state index in [4.69, 9.17) is 9.47 Å². The fourth-order valence-electron chi connectivity index (χ4n) is 5.15. The summed E-state index contributed by atoms with van der Waals surface area (Å²) >= 11 is 1.29. The number of carbonyl (C=O) groups is 1. The van der Waals surface area contributed by atoms with E-state index in [1.807, 2.05) is 18.2 Å². The zero-order chi connectivity index (χ0) is 31.5. The summed E-state index contributed by atoms with van der Waals surface area (Å²) in [7, 11) is 1.34. The molecule has 44 heavy (non-hydrogen) atoms. The van der Waals surface area contributed by atoms with Crippen molar-refractivity contribution in [1.29, 1.82) is 0 Å². The van der Waals surface area contributed by atoms with E-state index in [0.717, 1.165) is 38.4 Å². The summed E-state index contributed by atoms with van der Waals surface area (Å²) in [5, 5.41) is 0.656. The molecule has 0 radical (unpaired) electrons. The molecule has 0 bridgehead atoms. The van der Waals surface area contributed by atoms with Crippen molar-refractivity contribution in [2.75, 3.05) is 20.2 Å². The van der Waals surface area contributed by atoms with E-state index in [1.54, 1.807) is 18.2 Å². The van der Waals surface area contributed by atoms with Crippen molar-refractivity contribution in [3.05, 3.63) is 99.5 Å². The largest absolute Gasteiger partial charge is 0.493 e. The van der Waals surface area contributed by atoms with Crippen LogP contribution in [0.3, 0.4) is 0 Å². The van der Waals surface area contributed by atoms with Crippen LogP contribution in [0, 0.1) is 5.92 Å². The summed E-state index contributed by atoms with van der Waals surface area (Å²) in [5.74, 6) is 0.469. The molecule has 0 spiro atoms. The first-order valence-electron chi connectivity index (χ1n) is 13.8. The van der Waals surface area contributed by atoms with Crippen LogP contribution in [-0.2, 0) is 30.2 Å². The lowest BCUT2D eigenvalue weighted by atomic mass is 9.90. The lowest BCUT2D eigenvalue weighted by Crippen LogP contribution is -2.37. The van der Waals surface area contributed by atoms with Crippen molar-refractivity contribution in [2.45, 2.75) is 38.2 Å². The van der Waals surface area contributed by atoms with Crippen LogP contribution >= 0.6 is 11.8 Å². The van der Waals surface area contributed by atoms with Crippen LogP contribution < -0.4 is 9.47 Å². The Kier molecular flexibility index (Phi) is 9.28. The molecular formula is C32H28F6N2O3S. The van der Waals surface area contributed by atoms with Gasteiger partial charge in [0.05, 0.1) is 23.1 Å². The molecule has 12 heteroatoms. The Morgan fingerprint density at radius 3 is 2.32 bits per heavy atom. The highest BCUT2D eigenvalue weighted by Gasteiger charge is 2.38. The molecule has 5 nitrogen and oxygen atoms in total. The standard InChI is InChI=1S/C32H28F6N2O3S/c1-42-27-16-22(7-10-26(27)43-19-23-8-9-24(31(33,34)35)18-25(23)32(36,37)38)17-28-29(41)39-30(44-28)40-13-11-21(12-14-40)15-20-5-3-2-4-6-20/h2-10,16-18,21H,11-15,19H2,1H3. The van der Waals surface area contributed by atoms with E-state index < -0.39 is 35.6 Å². The van der Waals surface area contributed by atoms with Crippen LogP contribution in [-0.4, -0.2) is 36.2 Å². The topological polar surface area (TPSA) is 51.1 Å². The smallest absolute Gasteiger partial charge is 0.416 e. The van der Waals surface area contributed by atoms with Crippen LogP contribution in [0.2, 0.25) is 0 Å². The molecule has 2 aliphatic heterocycles. The molecule has 0 saturated carbocycles. The minimum Gasteiger partial charge on any atom is -0.493 e. The highest BCUT2D eigenvalue weighted by atomic mass is 32.2. The number of rotatable bonds is 7. The Hall–Kier alpha value is -3.93. The number of aliphatic imine (C=N–C) groups is 1. The number of methoxy groups -OCH3 is 1. The zero-order valence-corrected chi connectivity index (χ0v) is 24.4. The SMILES string of the molecule is COc1cc(C=C2SC(N3CCC(Cc4ccccc4)CC3)=NC2=O)ccc1OCc1ccc(C(F)(F)F)cc1C(F)(F)F. The number of carbonyl (C=O) groups excluding carboxylic acids is 1. The number of halogens is 6. The number of thioether (sulfide) groups is 1. The molecule has 3 aromatic carbocycles. The molecular weight excluding hydrogens is 606 g/mol. The van der Waals surface area contributed by atoms with Crippen molar-refractivity contribution in [1.82, 2.24) is 4.90 Å². The van der Waals surface area contributed by atoms with Gasteiger partial charge in [-0.2, -0.15) is 31.3 Å². The minimum atomic E-state index is -5.01. The highest BCUT2D eigenvalue weighted by molar-refractivity contribution is 8.18. The van der Waals surface area contributed by atoms with Gasteiger partial charge in [-0.05, 0) is 78.4 Å². The Balaban J connectivity index is 1.22. The Labute approximate surface area is 254 Å². The summed E-state index contributed by atoms with van der Waals surface area (Å²) in [6.45, 7) is 0.967. The second kappa shape index (κ2) is 13.0. The van der Waals surface area contributed by atoms with Crippen LogP contribution in [0.5, 0.6) is 11.5 Å². The van der Waals surface area contributed by atoms with E-state index in [9.17, 15) is 31.1 Å². The first kappa shape index (κ1) is 31.5. The summed E-state index contributed by atoms with van der Waals surface area (Å²) in [5.41, 5.74) is -1.39. The first-order chi connectivity index (χ1) is 20.9. The maximum absolute atomic E-state index is 13.5. The number of alkyl halides is 6. The third kappa shape index (κ3) is 7.58. The van der Waals surface area contributed by atoms with Gasteiger partial charge in [0.25, 0.3) is 5.91 Å². The van der Waals surface area contributed by atoms with E-state index >= 15 is 0 Å². The lowest BCUT2D eigenvalue weighted by molar-refractivity contribution is -0.143. The Bertz CT molecular complexity index is 1560. The lowest BCUT2D eigenvalue weighted by Gasteiger charge is -2.32. The molecule has 0 unspecified atom stereocenters. The maximum atomic E-state index is 13.5. The number of nitrogens with zero attached hydrogens (tertiary/aromatic N) is 2. The number of hydrogen-bond acceptors (Lipinski definition) is 5. The normalized spacial score (nSPS) is 17.2. The number of hydrogen-bond donors (Lipinski definition) is 0. The monoisotopic (exact) mass is 634 g/mol. The van der Waals surface area contributed by atoms with E-state index in [-0.39, 0.29) is 23.5 Å². The second-order valence-corrected chi connectivity index (χ2v) is 11.5. The third-order valence-corrected chi connectivity index (χ3v) is 8.52. The van der Waals surface area contributed by atoms with Crippen molar-refractivity contribution in [3.8, 4) is 11.5 Å². The van der Waals surface area contributed by atoms with E-state index in [0.29, 0.717) is 27.6 Å². The Morgan fingerprint density at radius 1 is 0.932 bits per heavy atom. The molecule has 0 atom stereocenters. The van der Waals surface area contributed by atoms with Crippen molar-refractivity contribution < 1.29 is 40.6 Å². The molecule has 1 fully saturated rings. The molecule has 0 aliphatic carbocycles. The number of piperidine rings is 1. The van der Waals surface area contributed by atoms with Crippen LogP contribution in [0.15, 0.2) is 76.6 Å². The number of likely N-dealkylation sites (tertiary alicyclic amines) is 1. The molecule has 2 aliphatic rings. The van der Waals surface area contributed by atoms with Gasteiger partial charge in [0, 0.05) is 18.7 Å². The minimum absolute atomic E-state index is 0.0742. The average molecular weight is 635 g/mol. The highest BCUT2D eigenvalue weighted by Crippen LogP contribution is 2.39. The van der Waals surface area contributed by atoms with Gasteiger partial charge < -0.3 is 14.4 Å². The van der Waals surface area contributed by atoms with Crippen LogP contribution in [0.1, 0.15) is 40.7 Å². The number of ether oxygens (including phenoxy) is 2. The molecule has 5 rings (SSSR count). The predicted molar refractivity (Wildman–Crippen MR) is 156 cm³/mol. The average Bonchev–Trinajstić information content (AvgIpc) is 3.35. The molecule has 0 N–H and O–H groups in total. The molecule has 1 amide bonds. The van der Waals surface area contributed by atoms with Crippen molar-refractivity contribution in [2.24, 2.45) is 10.9 Å².